The quantitative estimate of drug-likeness (QED) is 0.686. The minimum Gasteiger partial charge on any atom is -0.196 e. The average molecular weight is 215 g/mol. The van der Waals surface area contributed by atoms with Crippen LogP contribution in [-0.2, 0) is 6.18 Å². The molecule has 1 N–H and O–H groups in total. The van der Waals surface area contributed by atoms with Crippen molar-refractivity contribution in [1.82, 2.24) is 15.4 Å². The molecular weight excluding hydrogens is 212 g/mol. The summed E-state index contributed by atoms with van der Waals surface area (Å²) in [5.41, 5.74) is -1.12. The maximum absolute atomic E-state index is 12.4. The van der Waals surface area contributed by atoms with Crippen LogP contribution in [0.25, 0.3) is 16.0 Å². The molecule has 0 unspecified atom stereocenters. The molecule has 0 bridgehead atoms. The van der Waals surface area contributed by atoms with E-state index >= 15 is 0 Å². The molecule has 5 nitrogen and oxygen atoms in total. The molecule has 1 aromatic carbocycles. The first-order valence-corrected chi connectivity index (χ1v) is 3.79. The molecule has 0 spiro atoms. The molecule has 0 aliphatic heterocycles. The summed E-state index contributed by atoms with van der Waals surface area (Å²) in [6.45, 7) is 0. The lowest BCUT2D eigenvalue weighted by Crippen LogP contribution is -2.04. The van der Waals surface area contributed by atoms with Gasteiger partial charge in [-0.3, -0.25) is 0 Å². The first-order valence-electron chi connectivity index (χ1n) is 3.79. The summed E-state index contributed by atoms with van der Waals surface area (Å²) in [7, 11) is 0. The molecule has 15 heavy (non-hydrogen) atoms. The van der Waals surface area contributed by atoms with Crippen LogP contribution in [0.5, 0.6) is 0 Å². The number of aromatic nitrogens is 3. The second-order valence-corrected chi connectivity index (χ2v) is 2.78. The van der Waals surface area contributed by atoms with E-state index in [0.29, 0.717) is 6.07 Å². The second-order valence-electron chi connectivity index (χ2n) is 2.78. The molecule has 0 fully saturated rings. The number of H-pyrrole nitrogens is 1. The number of aromatic amines is 1. The summed E-state index contributed by atoms with van der Waals surface area (Å²) in [6.07, 6.45) is -4.51. The maximum Gasteiger partial charge on any atom is 0.416 e. The largest absolute Gasteiger partial charge is 0.416 e. The third kappa shape index (κ3) is 1.48. The van der Waals surface area contributed by atoms with Gasteiger partial charge in [0.2, 0.25) is 10.9 Å². The van der Waals surface area contributed by atoms with E-state index in [1.807, 2.05) is 0 Å². The van der Waals surface area contributed by atoms with Crippen LogP contribution in [0.3, 0.4) is 0 Å². The first kappa shape index (κ1) is 9.39. The Hall–Kier alpha value is -2.17. The lowest BCUT2D eigenvalue weighted by atomic mass is 10.1. The monoisotopic (exact) mass is 215 g/mol. The molecule has 8 heteroatoms. The van der Waals surface area contributed by atoms with Gasteiger partial charge in [-0.1, -0.05) is 0 Å². The molecule has 2 rings (SSSR count). The predicted octanol–water partition coefficient (Wildman–Crippen LogP) is 2.46. The van der Waals surface area contributed by atoms with Gasteiger partial charge in [0, 0.05) is 6.07 Å². The van der Waals surface area contributed by atoms with Crippen LogP contribution in [0.1, 0.15) is 5.56 Å². The van der Waals surface area contributed by atoms with E-state index in [1.165, 1.54) is 0 Å². The number of benzene rings is 1. The Balaban J connectivity index is 2.76. The van der Waals surface area contributed by atoms with Crippen molar-refractivity contribution in [2.75, 3.05) is 0 Å². The number of nitrogens with zero attached hydrogens (tertiary/aromatic N) is 4. The van der Waals surface area contributed by atoms with Crippen molar-refractivity contribution in [2.45, 2.75) is 6.18 Å². The Morgan fingerprint density at radius 1 is 1.27 bits per heavy atom. The van der Waals surface area contributed by atoms with Gasteiger partial charge in [0.1, 0.15) is 5.52 Å². The normalized spacial score (nSPS) is 11.6. The van der Waals surface area contributed by atoms with Crippen molar-refractivity contribution in [1.29, 1.82) is 5.39 Å². The fourth-order valence-electron chi connectivity index (χ4n) is 1.17. The highest BCUT2D eigenvalue weighted by Gasteiger charge is 2.34. The molecule has 1 heterocycles. The van der Waals surface area contributed by atoms with Crippen molar-refractivity contribution in [2.24, 2.45) is 0 Å². The van der Waals surface area contributed by atoms with Crippen molar-refractivity contribution in [3.05, 3.63) is 22.7 Å². The fraction of sp³-hybridized carbons (Fsp3) is 0.143. The van der Waals surface area contributed by atoms with Crippen molar-refractivity contribution in [3.8, 4) is 0 Å². The molecule has 0 aliphatic rings. The third-order valence-electron chi connectivity index (χ3n) is 1.84. The highest BCUT2D eigenvalue weighted by Crippen LogP contribution is 2.34. The summed E-state index contributed by atoms with van der Waals surface area (Å²) < 4.78 is 37.1. The predicted molar refractivity (Wildman–Crippen MR) is 43.6 cm³/mol. The van der Waals surface area contributed by atoms with E-state index in [0.717, 1.165) is 6.07 Å². The number of fused-ring (bicyclic) bond motifs is 1. The highest BCUT2D eigenvalue weighted by atomic mass is 19.4. The van der Waals surface area contributed by atoms with Gasteiger partial charge in [-0.15, -0.1) is 5.10 Å². The van der Waals surface area contributed by atoms with Gasteiger partial charge in [-0.05, 0) is 6.07 Å². The lowest BCUT2D eigenvalue weighted by molar-refractivity contribution is -0.137. The van der Waals surface area contributed by atoms with Crippen LogP contribution in [0.2, 0.25) is 0 Å². The van der Waals surface area contributed by atoms with E-state index in [2.05, 4.69) is 20.4 Å². The van der Waals surface area contributed by atoms with E-state index in [-0.39, 0.29) is 16.7 Å². The molecular formula is C7H3F3N5+. The topological polar surface area (TPSA) is 69.7 Å². The van der Waals surface area contributed by atoms with Crippen molar-refractivity contribution in [3.63, 3.8) is 0 Å². The SMILES string of the molecule is N#[N+]c1cc(C(F)(F)F)cc2n[15nH]nc12. The van der Waals surface area contributed by atoms with Gasteiger partial charge in [-0.25, -0.2) is 0 Å². The van der Waals surface area contributed by atoms with Gasteiger partial charge in [0.25, 0.3) is 0 Å². The Morgan fingerprint density at radius 3 is 2.60 bits per heavy atom. The maximum atomic E-state index is 12.4. The number of halogens is 3. The number of alkyl halides is 3. The molecule has 76 valence electrons. The number of diazo groups is 1. The summed E-state index contributed by atoms with van der Waals surface area (Å²) >= 11 is 0. The molecule has 0 saturated carbocycles. The lowest BCUT2D eigenvalue weighted by Gasteiger charge is -2.03. The first-order chi connectivity index (χ1) is 7.02. The molecule has 1 aromatic heterocycles. The van der Waals surface area contributed by atoms with Gasteiger partial charge >= 0.3 is 11.9 Å². The fourth-order valence-corrected chi connectivity index (χ4v) is 1.17. The van der Waals surface area contributed by atoms with Crippen LogP contribution in [0.4, 0.5) is 18.9 Å². The Bertz CT molecular complexity index is 550. The van der Waals surface area contributed by atoms with E-state index in [9.17, 15) is 13.2 Å². The van der Waals surface area contributed by atoms with E-state index in [4.69, 9.17) is 5.39 Å². The Labute approximate surface area is 80.5 Å². The van der Waals surface area contributed by atoms with Crippen molar-refractivity contribution < 1.29 is 13.2 Å². The van der Waals surface area contributed by atoms with Crippen molar-refractivity contribution >= 4 is 16.7 Å². The Morgan fingerprint density at radius 2 is 2.00 bits per heavy atom. The zero-order chi connectivity index (χ0) is 11.1. The summed E-state index contributed by atoms with van der Waals surface area (Å²) in [5.74, 6) is 0. The molecule has 0 amide bonds. The van der Waals surface area contributed by atoms with Crippen LogP contribution < -0.4 is 0 Å². The van der Waals surface area contributed by atoms with Gasteiger partial charge < -0.3 is 0 Å². The molecule has 0 aliphatic carbocycles. The third-order valence-corrected chi connectivity index (χ3v) is 1.84. The van der Waals surface area contributed by atoms with Crippen LogP contribution >= 0.6 is 0 Å². The zero-order valence-corrected chi connectivity index (χ0v) is 7.08. The van der Waals surface area contributed by atoms with Crippen LogP contribution in [-0.4, -0.2) is 15.4 Å². The zero-order valence-electron chi connectivity index (χ0n) is 7.08. The number of hydrogen-bond acceptors (Lipinski definition) is 3. The van der Waals surface area contributed by atoms with Gasteiger partial charge in [0.05, 0.1) is 5.56 Å². The smallest absolute Gasteiger partial charge is 0.196 e. The number of hydrogen-bond donors (Lipinski definition) is 1. The standard InChI is InChI=1S/C7H3F3N5/c8-7(9,10)3-1-4(12-11)6-5(2-3)13-15-14-6/h1-2H,(H,13,14,15)/q+1/i15+1. The minimum absolute atomic E-state index is 0.00220. The van der Waals surface area contributed by atoms with E-state index < -0.39 is 11.7 Å². The number of rotatable bonds is 0. The average Bonchev–Trinajstić information content (AvgIpc) is 2.62. The Kier molecular flexibility index (Phi) is 1.82. The molecule has 0 saturated heterocycles. The molecule has 2 aromatic rings. The van der Waals surface area contributed by atoms with Gasteiger partial charge in [0.15, 0.2) is 4.98 Å². The van der Waals surface area contributed by atoms with Crippen LogP contribution in [0.15, 0.2) is 12.1 Å². The van der Waals surface area contributed by atoms with E-state index in [1.54, 1.807) is 0 Å². The summed E-state index contributed by atoms with van der Waals surface area (Å²) in [6, 6.07) is 1.53. The number of nitrogens with one attached hydrogen (secondary N) is 1. The summed E-state index contributed by atoms with van der Waals surface area (Å²) in [4.78, 5) is 2.72. The van der Waals surface area contributed by atoms with Gasteiger partial charge in [-0.2, -0.15) is 23.5 Å². The highest BCUT2D eigenvalue weighted by molar-refractivity contribution is 5.88. The van der Waals surface area contributed by atoms with Crippen LogP contribution in [0, 0.1) is 5.39 Å². The minimum atomic E-state index is -4.51. The summed E-state index contributed by atoms with van der Waals surface area (Å²) in [5, 5.41) is 17.7. The molecule has 0 radical (unpaired) electrons. The molecule has 0 atom stereocenters. The second kappa shape index (κ2) is 2.91.